The molecule has 0 aliphatic rings. The van der Waals surface area contributed by atoms with E-state index in [1.807, 2.05) is 19.9 Å². The van der Waals surface area contributed by atoms with Gasteiger partial charge in [-0.2, -0.15) is 0 Å². The molecule has 0 saturated heterocycles. The van der Waals surface area contributed by atoms with Crippen molar-refractivity contribution in [3.05, 3.63) is 52.4 Å². The van der Waals surface area contributed by atoms with E-state index in [4.69, 9.17) is 20.8 Å². The molecule has 1 atom stereocenters. The van der Waals surface area contributed by atoms with Crippen LogP contribution in [-0.4, -0.2) is 13.1 Å². The van der Waals surface area contributed by atoms with Crippen molar-refractivity contribution in [1.29, 1.82) is 0 Å². The van der Waals surface area contributed by atoms with E-state index in [-0.39, 0.29) is 11.9 Å². The lowest BCUT2D eigenvalue weighted by atomic mass is 10.2. The Labute approximate surface area is 122 Å². The van der Waals surface area contributed by atoms with Crippen molar-refractivity contribution in [3.8, 4) is 5.75 Å². The van der Waals surface area contributed by atoms with E-state index in [0.717, 1.165) is 11.3 Å². The Bertz CT molecular complexity index is 618. The molecule has 0 bridgehead atoms. The number of halogens is 1. The van der Waals surface area contributed by atoms with Crippen LogP contribution in [0.3, 0.4) is 0 Å². The van der Waals surface area contributed by atoms with Gasteiger partial charge in [-0.1, -0.05) is 11.6 Å². The van der Waals surface area contributed by atoms with Gasteiger partial charge in [-0.3, -0.25) is 0 Å². The molecule has 1 aromatic heterocycles. The maximum atomic E-state index is 11.3. The van der Waals surface area contributed by atoms with Crippen molar-refractivity contribution in [2.45, 2.75) is 20.0 Å². The average molecular weight is 295 g/mol. The number of carbonyl (C=O) groups excluding carboxylic acids is 1. The highest BCUT2D eigenvalue weighted by atomic mass is 35.5. The number of hydrogen-bond acceptors (Lipinski definition) is 4. The first-order chi connectivity index (χ1) is 9.51. The molecule has 2 rings (SSSR count). The summed E-state index contributed by atoms with van der Waals surface area (Å²) < 4.78 is 15.8. The third kappa shape index (κ3) is 3.14. The fourth-order valence-corrected chi connectivity index (χ4v) is 2.00. The summed E-state index contributed by atoms with van der Waals surface area (Å²) in [5, 5.41) is 0.661. The fourth-order valence-electron chi connectivity index (χ4n) is 1.78. The summed E-state index contributed by atoms with van der Waals surface area (Å²) in [5.74, 6) is 0.926. The lowest BCUT2D eigenvalue weighted by Gasteiger charge is -2.14. The van der Waals surface area contributed by atoms with Gasteiger partial charge >= 0.3 is 5.97 Å². The molecule has 1 aromatic carbocycles. The Morgan fingerprint density at radius 1 is 1.30 bits per heavy atom. The first-order valence-electron chi connectivity index (χ1n) is 6.12. The first-order valence-corrected chi connectivity index (χ1v) is 6.50. The van der Waals surface area contributed by atoms with Crippen LogP contribution in [0.25, 0.3) is 0 Å². The van der Waals surface area contributed by atoms with Gasteiger partial charge in [0.25, 0.3) is 0 Å². The maximum absolute atomic E-state index is 11.3. The summed E-state index contributed by atoms with van der Waals surface area (Å²) in [6.45, 7) is 3.75. The highest BCUT2D eigenvalue weighted by molar-refractivity contribution is 6.30. The zero-order valence-electron chi connectivity index (χ0n) is 11.5. The van der Waals surface area contributed by atoms with Crippen molar-refractivity contribution in [1.82, 2.24) is 0 Å². The summed E-state index contributed by atoms with van der Waals surface area (Å²) in [5.41, 5.74) is 0.934. The maximum Gasteiger partial charge on any atom is 0.373 e. The Hall–Kier alpha value is -1.94. The van der Waals surface area contributed by atoms with Gasteiger partial charge in [-0.15, -0.1) is 0 Å². The van der Waals surface area contributed by atoms with Gasteiger partial charge in [0.15, 0.2) is 6.10 Å². The standard InChI is InChI=1S/C15H15ClO4/c1-9-8-11(16)4-5-12(9)19-10(2)13-6-7-14(20-13)15(17)18-3/h4-8,10H,1-3H3. The molecule has 1 heterocycles. The number of furan rings is 1. The zero-order chi connectivity index (χ0) is 14.7. The van der Waals surface area contributed by atoms with E-state index in [9.17, 15) is 4.79 Å². The van der Waals surface area contributed by atoms with Crippen LogP contribution in [0, 0.1) is 6.92 Å². The molecule has 106 valence electrons. The number of hydrogen-bond donors (Lipinski definition) is 0. The molecule has 0 radical (unpaired) electrons. The Morgan fingerprint density at radius 2 is 2.05 bits per heavy atom. The van der Waals surface area contributed by atoms with Crippen molar-refractivity contribution >= 4 is 17.6 Å². The largest absolute Gasteiger partial charge is 0.483 e. The van der Waals surface area contributed by atoms with E-state index in [1.165, 1.54) is 7.11 Å². The Morgan fingerprint density at radius 3 is 2.70 bits per heavy atom. The van der Waals surface area contributed by atoms with Crippen LogP contribution in [0.2, 0.25) is 5.02 Å². The predicted molar refractivity (Wildman–Crippen MR) is 75.3 cm³/mol. The molecule has 20 heavy (non-hydrogen) atoms. The average Bonchev–Trinajstić information content (AvgIpc) is 2.90. The molecule has 0 N–H and O–H groups in total. The van der Waals surface area contributed by atoms with Crippen molar-refractivity contribution in [2.75, 3.05) is 7.11 Å². The predicted octanol–water partition coefficient (Wildman–Crippen LogP) is 4.17. The molecular weight excluding hydrogens is 280 g/mol. The normalized spacial score (nSPS) is 12.0. The van der Waals surface area contributed by atoms with E-state index in [0.29, 0.717) is 10.8 Å². The topological polar surface area (TPSA) is 48.7 Å². The SMILES string of the molecule is COC(=O)c1ccc(C(C)Oc2ccc(Cl)cc2C)o1. The van der Waals surface area contributed by atoms with E-state index < -0.39 is 5.97 Å². The molecule has 1 unspecified atom stereocenters. The molecule has 0 aliphatic heterocycles. The number of benzene rings is 1. The van der Waals surface area contributed by atoms with Gasteiger partial charge in [0, 0.05) is 5.02 Å². The highest BCUT2D eigenvalue weighted by Gasteiger charge is 2.17. The fraction of sp³-hybridized carbons (Fsp3) is 0.267. The number of esters is 1. The minimum atomic E-state index is -0.508. The second-order valence-corrected chi connectivity index (χ2v) is 4.80. The molecule has 5 heteroatoms. The van der Waals surface area contributed by atoms with E-state index in [1.54, 1.807) is 24.3 Å². The van der Waals surface area contributed by atoms with Gasteiger partial charge in [0.1, 0.15) is 11.5 Å². The van der Waals surface area contributed by atoms with Crippen molar-refractivity contribution < 1.29 is 18.7 Å². The molecular formula is C15H15ClO4. The molecule has 0 spiro atoms. The minimum absolute atomic E-state index is 0.158. The molecule has 2 aromatic rings. The first kappa shape index (κ1) is 14.5. The highest BCUT2D eigenvalue weighted by Crippen LogP contribution is 2.28. The second-order valence-electron chi connectivity index (χ2n) is 4.36. The van der Waals surface area contributed by atoms with E-state index >= 15 is 0 Å². The van der Waals surface area contributed by atoms with Crippen LogP contribution >= 0.6 is 11.6 Å². The summed E-state index contributed by atoms with van der Waals surface area (Å²) in [4.78, 5) is 11.3. The van der Waals surface area contributed by atoms with Gasteiger partial charge in [-0.05, 0) is 49.7 Å². The van der Waals surface area contributed by atoms with Gasteiger partial charge in [0.05, 0.1) is 7.11 Å². The summed E-state index contributed by atoms with van der Waals surface area (Å²) in [6.07, 6.45) is -0.326. The van der Waals surface area contributed by atoms with Crippen LogP contribution in [0.1, 0.15) is 34.9 Å². The number of carbonyl (C=O) groups is 1. The Kier molecular flexibility index (Phi) is 4.35. The number of rotatable bonds is 4. The molecule has 0 saturated carbocycles. The lowest BCUT2D eigenvalue weighted by Crippen LogP contribution is -2.03. The molecule has 4 nitrogen and oxygen atoms in total. The number of methoxy groups -OCH3 is 1. The summed E-state index contributed by atoms with van der Waals surface area (Å²) in [6, 6.07) is 8.65. The monoisotopic (exact) mass is 294 g/mol. The third-order valence-electron chi connectivity index (χ3n) is 2.85. The van der Waals surface area contributed by atoms with Gasteiger partial charge in [-0.25, -0.2) is 4.79 Å². The van der Waals surface area contributed by atoms with E-state index in [2.05, 4.69) is 4.74 Å². The summed E-state index contributed by atoms with van der Waals surface area (Å²) >= 11 is 5.90. The van der Waals surface area contributed by atoms with Gasteiger partial charge < -0.3 is 13.9 Å². The third-order valence-corrected chi connectivity index (χ3v) is 3.09. The van der Waals surface area contributed by atoms with Crippen molar-refractivity contribution in [2.24, 2.45) is 0 Å². The lowest BCUT2D eigenvalue weighted by molar-refractivity contribution is 0.0558. The quantitative estimate of drug-likeness (QED) is 0.794. The molecule has 0 aliphatic carbocycles. The van der Waals surface area contributed by atoms with Crippen LogP contribution in [0.5, 0.6) is 5.75 Å². The number of ether oxygens (including phenoxy) is 2. The van der Waals surface area contributed by atoms with Gasteiger partial charge in [0.2, 0.25) is 5.76 Å². The smallest absolute Gasteiger partial charge is 0.373 e. The van der Waals surface area contributed by atoms with Crippen LogP contribution < -0.4 is 4.74 Å². The zero-order valence-corrected chi connectivity index (χ0v) is 12.2. The van der Waals surface area contributed by atoms with Crippen LogP contribution in [-0.2, 0) is 4.74 Å². The molecule has 0 fully saturated rings. The summed E-state index contributed by atoms with van der Waals surface area (Å²) in [7, 11) is 1.31. The van der Waals surface area contributed by atoms with Crippen molar-refractivity contribution in [3.63, 3.8) is 0 Å². The number of aryl methyl sites for hydroxylation is 1. The minimum Gasteiger partial charge on any atom is -0.483 e. The van der Waals surface area contributed by atoms with Crippen LogP contribution in [0.15, 0.2) is 34.7 Å². The Balaban J connectivity index is 2.13. The van der Waals surface area contributed by atoms with Crippen LogP contribution in [0.4, 0.5) is 0 Å². The second kappa shape index (κ2) is 6.01. The molecule has 0 amide bonds.